The molecule has 5 nitrogen and oxygen atoms in total. The lowest BCUT2D eigenvalue weighted by molar-refractivity contribution is -0.126. The van der Waals surface area contributed by atoms with Crippen molar-refractivity contribution in [2.45, 2.75) is 26.5 Å². The largest absolute Gasteiger partial charge is 0.478 e. The van der Waals surface area contributed by atoms with E-state index in [4.69, 9.17) is 11.2 Å². The molecular weight excluding hydrogens is 206 g/mol. The number of aromatic nitrogens is 2. The van der Waals surface area contributed by atoms with Gasteiger partial charge in [0, 0.05) is 6.54 Å². The molecule has 1 unspecified atom stereocenters. The van der Waals surface area contributed by atoms with Crippen molar-refractivity contribution in [1.29, 1.82) is 0 Å². The fourth-order valence-corrected chi connectivity index (χ4v) is 1.12. The van der Waals surface area contributed by atoms with Gasteiger partial charge in [-0.3, -0.25) is 9.48 Å². The van der Waals surface area contributed by atoms with Crippen LogP contribution in [0.25, 0.3) is 0 Å². The summed E-state index contributed by atoms with van der Waals surface area (Å²) in [6, 6.07) is 0. The average molecular weight is 221 g/mol. The summed E-state index contributed by atoms with van der Waals surface area (Å²) in [4.78, 5) is 11.4. The highest BCUT2D eigenvalue weighted by atomic mass is 16.5. The zero-order chi connectivity index (χ0) is 12.0. The minimum atomic E-state index is -0.581. The fraction of sp³-hybridized carbons (Fsp3) is 0.455. The van der Waals surface area contributed by atoms with Crippen LogP contribution in [0.4, 0.5) is 0 Å². The summed E-state index contributed by atoms with van der Waals surface area (Å²) in [6.07, 6.45) is 7.77. The number of amides is 1. The molecule has 0 radical (unpaired) electrons. The van der Waals surface area contributed by atoms with E-state index >= 15 is 0 Å². The van der Waals surface area contributed by atoms with Gasteiger partial charge in [0.2, 0.25) is 0 Å². The van der Waals surface area contributed by atoms with Gasteiger partial charge in [0.1, 0.15) is 0 Å². The maximum Gasteiger partial charge on any atom is 0.261 e. The van der Waals surface area contributed by atoms with Gasteiger partial charge in [0.05, 0.1) is 18.9 Å². The van der Waals surface area contributed by atoms with Crippen LogP contribution in [0.15, 0.2) is 12.4 Å². The molecule has 0 aromatic carbocycles. The molecule has 0 fully saturated rings. The highest BCUT2D eigenvalue weighted by molar-refractivity contribution is 5.80. The van der Waals surface area contributed by atoms with Crippen LogP contribution < -0.4 is 10.1 Å². The third-order valence-corrected chi connectivity index (χ3v) is 1.98. The van der Waals surface area contributed by atoms with Crippen molar-refractivity contribution in [2.75, 3.05) is 6.54 Å². The van der Waals surface area contributed by atoms with Crippen LogP contribution in [-0.2, 0) is 11.3 Å². The third-order valence-electron chi connectivity index (χ3n) is 1.98. The molecular formula is C11H15N3O2. The molecule has 0 saturated heterocycles. The standard InChI is InChI=1S/C11H15N3O2/c1-4-6-12-11(15)9(3)16-10-7-13-14(5-2)8-10/h1,7-9H,5-6H2,2-3H3,(H,12,15). The van der Waals surface area contributed by atoms with E-state index in [-0.39, 0.29) is 12.5 Å². The molecule has 1 aromatic rings. The van der Waals surface area contributed by atoms with E-state index in [1.54, 1.807) is 24.0 Å². The number of nitrogens with zero attached hydrogens (tertiary/aromatic N) is 2. The number of hydrogen-bond donors (Lipinski definition) is 1. The number of ether oxygens (including phenoxy) is 1. The molecule has 0 saturated carbocycles. The van der Waals surface area contributed by atoms with Crippen LogP contribution in [-0.4, -0.2) is 28.3 Å². The smallest absolute Gasteiger partial charge is 0.261 e. The van der Waals surface area contributed by atoms with Gasteiger partial charge < -0.3 is 10.1 Å². The number of aryl methyl sites for hydroxylation is 1. The number of rotatable bonds is 5. The van der Waals surface area contributed by atoms with E-state index in [1.807, 2.05) is 6.92 Å². The Bertz CT molecular complexity index is 392. The van der Waals surface area contributed by atoms with E-state index in [0.29, 0.717) is 5.75 Å². The van der Waals surface area contributed by atoms with Crippen LogP contribution in [0.5, 0.6) is 5.75 Å². The lowest BCUT2D eigenvalue weighted by atomic mass is 10.3. The van der Waals surface area contributed by atoms with Gasteiger partial charge in [-0.05, 0) is 13.8 Å². The van der Waals surface area contributed by atoms with Crippen molar-refractivity contribution in [2.24, 2.45) is 0 Å². The van der Waals surface area contributed by atoms with Gasteiger partial charge in [-0.2, -0.15) is 5.10 Å². The predicted molar refractivity (Wildman–Crippen MR) is 59.8 cm³/mol. The van der Waals surface area contributed by atoms with Crippen molar-refractivity contribution in [3.8, 4) is 18.1 Å². The Morgan fingerprint density at radius 1 is 1.81 bits per heavy atom. The van der Waals surface area contributed by atoms with Crippen LogP contribution in [0, 0.1) is 12.3 Å². The predicted octanol–water partition coefficient (Wildman–Crippen LogP) is 0.420. The highest BCUT2D eigenvalue weighted by Gasteiger charge is 2.14. The maximum absolute atomic E-state index is 11.4. The van der Waals surface area contributed by atoms with E-state index < -0.39 is 6.10 Å². The minimum Gasteiger partial charge on any atom is -0.478 e. The van der Waals surface area contributed by atoms with Crippen LogP contribution in [0.3, 0.4) is 0 Å². The van der Waals surface area contributed by atoms with Crippen molar-refractivity contribution >= 4 is 5.91 Å². The third kappa shape index (κ3) is 3.31. The summed E-state index contributed by atoms with van der Waals surface area (Å²) < 4.78 is 7.12. The molecule has 0 spiro atoms. The molecule has 1 N–H and O–H groups in total. The Morgan fingerprint density at radius 3 is 3.12 bits per heavy atom. The van der Waals surface area contributed by atoms with Gasteiger partial charge in [-0.1, -0.05) is 5.92 Å². The first-order chi connectivity index (χ1) is 7.67. The van der Waals surface area contributed by atoms with Gasteiger partial charge in [0.15, 0.2) is 11.9 Å². The first-order valence-electron chi connectivity index (χ1n) is 5.07. The summed E-state index contributed by atoms with van der Waals surface area (Å²) in [5.74, 6) is 2.67. The van der Waals surface area contributed by atoms with Gasteiger partial charge in [-0.25, -0.2) is 0 Å². The van der Waals surface area contributed by atoms with Crippen molar-refractivity contribution < 1.29 is 9.53 Å². The number of terminal acetylenes is 1. The molecule has 0 bridgehead atoms. The molecule has 0 aliphatic rings. The molecule has 86 valence electrons. The van der Waals surface area contributed by atoms with Crippen molar-refractivity contribution in [1.82, 2.24) is 15.1 Å². The monoisotopic (exact) mass is 221 g/mol. The Labute approximate surface area is 94.8 Å². The molecule has 0 aliphatic heterocycles. The first kappa shape index (κ1) is 12.1. The first-order valence-corrected chi connectivity index (χ1v) is 5.07. The van der Waals surface area contributed by atoms with E-state index in [1.165, 1.54) is 0 Å². The fourth-order valence-electron chi connectivity index (χ4n) is 1.12. The van der Waals surface area contributed by atoms with E-state index in [2.05, 4.69) is 16.3 Å². The van der Waals surface area contributed by atoms with Gasteiger partial charge in [0.25, 0.3) is 5.91 Å². The quantitative estimate of drug-likeness (QED) is 0.733. The number of carbonyl (C=O) groups excluding carboxylic acids is 1. The average Bonchev–Trinajstić information content (AvgIpc) is 2.73. The van der Waals surface area contributed by atoms with Gasteiger partial charge in [-0.15, -0.1) is 6.42 Å². The van der Waals surface area contributed by atoms with Gasteiger partial charge >= 0.3 is 0 Å². The Balaban J connectivity index is 2.47. The normalized spacial score (nSPS) is 11.6. The molecule has 1 rings (SSSR count). The highest BCUT2D eigenvalue weighted by Crippen LogP contribution is 2.10. The molecule has 1 atom stereocenters. The van der Waals surface area contributed by atoms with Crippen molar-refractivity contribution in [3.05, 3.63) is 12.4 Å². The molecule has 1 aromatic heterocycles. The summed E-state index contributed by atoms with van der Waals surface area (Å²) >= 11 is 0. The summed E-state index contributed by atoms with van der Waals surface area (Å²) in [5, 5.41) is 6.58. The van der Waals surface area contributed by atoms with Crippen molar-refractivity contribution in [3.63, 3.8) is 0 Å². The maximum atomic E-state index is 11.4. The van der Waals surface area contributed by atoms with Crippen LogP contribution in [0.2, 0.25) is 0 Å². The second-order valence-corrected chi connectivity index (χ2v) is 3.21. The van der Waals surface area contributed by atoms with E-state index in [9.17, 15) is 4.79 Å². The second kappa shape index (κ2) is 5.81. The number of hydrogen-bond acceptors (Lipinski definition) is 3. The molecule has 5 heteroatoms. The van der Waals surface area contributed by atoms with E-state index in [0.717, 1.165) is 6.54 Å². The second-order valence-electron chi connectivity index (χ2n) is 3.21. The lowest BCUT2D eigenvalue weighted by Gasteiger charge is -2.11. The molecule has 1 amide bonds. The zero-order valence-corrected chi connectivity index (χ0v) is 9.43. The lowest BCUT2D eigenvalue weighted by Crippen LogP contribution is -2.36. The number of carbonyl (C=O) groups is 1. The number of nitrogens with one attached hydrogen (secondary N) is 1. The Hall–Kier alpha value is -1.96. The minimum absolute atomic E-state index is 0.209. The molecule has 1 heterocycles. The zero-order valence-electron chi connectivity index (χ0n) is 9.43. The van der Waals surface area contributed by atoms with Crippen LogP contribution >= 0.6 is 0 Å². The van der Waals surface area contributed by atoms with Crippen LogP contribution in [0.1, 0.15) is 13.8 Å². The topological polar surface area (TPSA) is 56.1 Å². The summed E-state index contributed by atoms with van der Waals surface area (Å²) in [5.41, 5.74) is 0. The SMILES string of the molecule is C#CCNC(=O)C(C)Oc1cnn(CC)c1. The Kier molecular flexibility index (Phi) is 4.40. The summed E-state index contributed by atoms with van der Waals surface area (Å²) in [6.45, 7) is 4.61. The Morgan fingerprint density at radius 2 is 2.56 bits per heavy atom. The summed E-state index contributed by atoms with van der Waals surface area (Å²) in [7, 11) is 0. The molecule has 0 aliphatic carbocycles. The molecule has 16 heavy (non-hydrogen) atoms.